The van der Waals surface area contributed by atoms with Crippen LogP contribution in [-0.2, 0) is 9.59 Å². The van der Waals surface area contributed by atoms with Crippen molar-refractivity contribution in [2.24, 2.45) is 5.73 Å². The number of nitrogens with one attached hydrogen (secondary N) is 2. The van der Waals surface area contributed by atoms with Crippen LogP contribution in [0.5, 0.6) is 0 Å². The van der Waals surface area contributed by atoms with Gasteiger partial charge in [0.15, 0.2) is 0 Å². The number of amides is 2. The lowest BCUT2D eigenvalue weighted by Crippen LogP contribution is -2.61. The Balaban J connectivity index is 2.38. The van der Waals surface area contributed by atoms with Gasteiger partial charge in [0.2, 0.25) is 11.8 Å². The van der Waals surface area contributed by atoms with Gasteiger partial charge in [-0.05, 0) is 32.2 Å². The van der Waals surface area contributed by atoms with Crippen molar-refractivity contribution in [1.82, 2.24) is 10.6 Å². The van der Waals surface area contributed by atoms with Gasteiger partial charge >= 0.3 is 0 Å². The van der Waals surface area contributed by atoms with Gasteiger partial charge in [-0.25, -0.2) is 0 Å². The maximum Gasteiger partial charge on any atom is 0.243 e. The number of unbranched alkanes of at least 4 members (excludes halogenated alkanes) is 2. The lowest BCUT2D eigenvalue weighted by atomic mass is 10.0. The Morgan fingerprint density at radius 3 is 2.00 bits per heavy atom. The molecule has 5 nitrogen and oxygen atoms in total. The lowest BCUT2D eigenvalue weighted by Gasteiger charge is -2.29. The molecule has 17 heavy (non-hydrogen) atoms. The molecule has 2 amide bonds. The van der Waals surface area contributed by atoms with E-state index in [-0.39, 0.29) is 23.9 Å². The molecule has 1 rings (SSSR count). The van der Waals surface area contributed by atoms with Crippen molar-refractivity contribution < 1.29 is 9.59 Å². The zero-order chi connectivity index (χ0) is 12.7. The molecule has 2 atom stereocenters. The van der Waals surface area contributed by atoms with Crippen LogP contribution in [-0.4, -0.2) is 30.4 Å². The van der Waals surface area contributed by atoms with Crippen LogP contribution < -0.4 is 16.4 Å². The lowest BCUT2D eigenvalue weighted by molar-refractivity contribution is -0.137. The van der Waals surface area contributed by atoms with Crippen molar-refractivity contribution in [2.45, 2.75) is 57.5 Å². The fourth-order valence-electron chi connectivity index (χ4n) is 1.98. The van der Waals surface area contributed by atoms with Crippen LogP contribution in [0.1, 0.15) is 45.4 Å². The second kappa shape index (κ2) is 7.27. The Labute approximate surface area is 103 Å². The van der Waals surface area contributed by atoms with Crippen LogP contribution in [0.2, 0.25) is 0 Å². The second-order valence-corrected chi connectivity index (χ2v) is 4.55. The third kappa shape index (κ3) is 4.34. The third-order valence-corrected chi connectivity index (χ3v) is 3.06. The summed E-state index contributed by atoms with van der Waals surface area (Å²) in [5.74, 6) is -0.0986. The van der Waals surface area contributed by atoms with E-state index in [0.29, 0.717) is 13.0 Å². The molecule has 4 N–H and O–H groups in total. The molecule has 0 aromatic carbocycles. The molecule has 0 bridgehead atoms. The van der Waals surface area contributed by atoms with Crippen molar-refractivity contribution in [2.75, 3.05) is 6.54 Å². The highest BCUT2D eigenvalue weighted by Gasteiger charge is 2.32. The van der Waals surface area contributed by atoms with E-state index in [1.54, 1.807) is 0 Å². The fourth-order valence-corrected chi connectivity index (χ4v) is 1.98. The number of piperazine rings is 1. The SMILES string of the molecule is CCCCC1NC(=O)C(CCCCN)NC1=O. The minimum absolute atomic E-state index is 0.0456. The average molecular weight is 241 g/mol. The normalized spacial score (nSPS) is 24.4. The van der Waals surface area contributed by atoms with Gasteiger partial charge in [0, 0.05) is 0 Å². The van der Waals surface area contributed by atoms with Crippen molar-refractivity contribution in [1.29, 1.82) is 0 Å². The second-order valence-electron chi connectivity index (χ2n) is 4.55. The number of rotatable bonds is 7. The van der Waals surface area contributed by atoms with E-state index in [9.17, 15) is 9.59 Å². The first kappa shape index (κ1) is 14.0. The Morgan fingerprint density at radius 2 is 1.53 bits per heavy atom. The topological polar surface area (TPSA) is 84.2 Å². The van der Waals surface area contributed by atoms with Crippen LogP contribution in [0.15, 0.2) is 0 Å². The molecule has 1 fully saturated rings. The molecule has 0 saturated carbocycles. The number of hydrogen-bond acceptors (Lipinski definition) is 3. The van der Waals surface area contributed by atoms with E-state index in [0.717, 1.165) is 32.1 Å². The molecule has 1 saturated heterocycles. The smallest absolute Gasteiger partial charge is 0.243 e. The van der Waals surface area contributed by atoms with E-state index in [2.05, 4.69) is 17.6 Å². The summed E-state index contributed by atoms with van der Waals surface area (Å²) in [5.41, 5.74) is 5.40. The molecule has 0 radical (unpaired) electrons. The van der Waals surface area contributed by atoms with Crippen molar-refractivity contribution in [3.63, 3.8) is 0 Å². The van der Waals surface area contributed by atoms with Gasteiger partial charge in [0.05, 0.1) is 0 Å². The minimum atomic E-state index is -0.369. The Morgan fingerprint density at radius 1 is 1.00 bits per heavy atom. The summed E-state index contributed by atoms with van der Waals surface area (Å²) in [6.07, 6.45) is 5.14. The zero-order valence-corrected chi connectivity index (χ0v) is 10.5. The summed E-state index contributed by atoms with van der Waals surface area (Å²) in [4.78, 5) is 23.5. The highest BCUT2D eigenvalue weighted by molar-refractivity contribution is 5.96. The molecule has 1 heterocycles. The average Bonchev–Trinajstić information content (AvgIpc) is 2.31. The molecule has 1 aliphatic rings. The van der Waals surface area contributed by atoms with Crippen LogP contribution in [0, 0.1) is 0 Å². The number of carbonyl (C=O) groups is 2. The molecular weight excluding hydrogens is 218 g/mol. The van der Waals surface area contributed by atoms with E-state index in [1.165, 1.54) is 0 Å². The van der Waals surface area contributed by atoms with Gasteiger partial charge in [-0.3, -0.25) is 9.59 Å². The Hall–Kier alpha value is -1.10. The van der Waals surface area contributed by atoms with E-state index >= 15 is 0 Å². The Bertz CT molecular complexity index is 268. The largest absolute Gasteiger partial charge is 0.343 e. The predicted octanol–water partition coefficient (Wildman–Crippen LogP) is 0.289. The first-order valence-corrected chi connectivity index (χ1v) is 6.49. The maximum atomic E-state index is 11.8. The van der Waals surface area contributed by atoms with Gasteiger partial charge in [-0.1, -0.05) is 19.8 Å². The summed E-state index contributed by atoms with van der Waals surface area (Å²) in [6.45, 7) is 2.69. The summed E-state index contributed by atoms with van der Waals surface area (Å²) >= 11 is 0. The van der Waals surface area contributed by atoms with Crippen LogP contribution >= 0.6 is 0 Å². The number of carbonyl (C=O) groups excluding carboxylic acids is 2. The standard InChI is InChI=1S/C12H23N3O2/c1-2-3-6-9-11(16)15-10(12(17)14-9)7-4-5-8-13/h9-10H,2-8,13H2,1H3,(H,14,17)(H,15,16). The van der Waals surface area contributed by atoms with Gasteiger partial charge in [0.1, 0.15) is 12.1 Å². The van der Waals surface area contributed by atoms with E-state index in [4.69, 9.17) is 5.73 Å². The van der Waals surface area contributed by atoms with Crippen LogP contribution in [0.25, 0.3) is 0 Å². The van der Waals surface area contributed by atoms with Gasteiger partial charge in [0.25, 0.3) is 0 Å². The van der Waals surface area contributed by atoms with Gasteiger partial charge < -0.3 is 16.4 Å². The summed E-state index contributed by atoms with van der Waals surface area (Å²) in [7, 11) is 0. The van der Waals surface area contributed by atoms with E-state index in [1.807, 2.05) is 0 Å². The summed E-state index contributed by atoms with van der Waals surface area (Å²) < 4.78 is 0. The molecule has 0 aromatic rings. The molecule has 2 unspecified atom stereocenters. The highest BCUT2D eigenvalue weighted by atomic mass is 16.2. The molecule has 0 aromatic heterocycles. The zero-order valence-electron chi connectivity index (χ0n) is 10.5. The van der Waals surface area contributed by atoms with Gasteiger partial charge in [-0.2, -0.15) is 0 Å². The minimum Gasteiger partial charge on any atom is -0.343 e. The van der Waals surface area contributed by atoms with E-state index < -0.39 is 0 Å². The van der Waals surface area contributed by atoms with Crippen LogP contribution in [0.4, 0.5) is 0 Å². The molecule has 0 spiro atoms. The summed E-state index contributed by atoms with van der Waals surface area (Å²) in [6, 6.07) is -0.708. The highest BCUT2D eigenvalue weighted by Crippen LogP contribution is 2.09. The maximum absolute atomic E-state index is 11.8. The molecule has 0 aliphatic carbocycles. The quantitative estimate of drug-likeness (QED) is 0.560. The molecule has 98 valence electrons. The molecule has 1 aliphatic heterocycles. The van der Waals surface area contributed by atoms with Crippen LogP contribution in [0.3, 0.4) is 0 Å². The Kier molecular flexibility index (Phi) is 5.97. The van der Waals surface area contributed by atoms with Crippen molar-refractivity contribution in [3.05, 3.63) is 0 Å². The number of nitrogens with two attached hydrogens (primary N) is 1. The molecular formula is C12H23N3O2. The summed E-state index contributed by atoms with van der Waals surface area (Å²) in [5, 5.41) is 5.59. The monoisotopic (exact) mass is 241 g/mol. The first-order chi connectivity index (χ1) is 8.19. The predicted molar refractivity (Wildman–Crippen MR) is 66.3 cm³/mol. The fraction of sp³-hybridized carbons (Fsp3) is 0.833. The van der Waals surface area contributed by atoms with Crippen molar-refractivity contribution in [3.8, 4) is 0 Å². The first-order valence-electron chi connectivity index (χ1n) is 6.49. The van der Waals surface area contributed by atoms with Gasteiger partial charge in [-0.15, -0.1) is 0 Å². The number of hydrogen-bond donors (Lipinski definition) is 3. The van der Waals surface area contributed by atoms with Crippen molar-refractivity contribution >= 4 is 11.8 Å². The third-order valence-electron chi connectivity index (χ3n) is 3.06. The molecule has 5 heteroatoms.